The van der Waals surface area contributed by atoms with Gasteiger partial charge in [0.15, 0.2) is 0 Å². The van der Waals surface area contributed by atoms with Gasteiger partial charge in [0.2, 0.25) is 0 Å². The summed E-state index contributed by atoms with van der Waals surface area (Å²) in [5.74, 6) is 0. The number of fused-ring (bicyclic) bond motifs is 1. The molecular weight excluding hydrogens is 280 g/mol. The molecule has 1 fully saturated rings. The molecule has 3 heterocycles. The number of carbonyl (C=O) groups excluding carboxylic acids is 1. The van der Waals surface area contributed by atoms with Crippen molar-refractivity contribution in [1.82, 2.24) is 19.6 Å². The molecule has 2 N–H and O–H groups in total. The van der Waals surface area contributed by atoms with E-state index in [2.05, 4.69) is 10.3 Å². The summed E-state index contributed by atoms with van der Waals surface area (Å²) in [6.07, 6.45) is 6.69. The Hall–Kier alpha value is -2.08. The summed E-state index contributed by atoms with van der Waals surface area (Å²) in [7, 11) is 0. The first-order chi connectivity index (χ1) is 10.7. The first-order valence-corrected chi connectivity index (χ1v) is 7.77. The lowest BCUT2D eigenvalue weighted by Crippen LogP contribution is -2.49. The molecule has 2 amide bonds. The smallest absolute Gasteiger partial charge is 0.318 e. The van der Waals surface area contributed by atoms with Gasteiger partial charge in [0.1, 0.15) is 5.65 Å². The topological polar surface area (TPSA) is 69.9 Å². The van der Waals surface area contributed by atoms with Crippen LogP contribution in [0.25, 0.3) is 5.65 Å². The lowest BCUT2D eigenvalue weighted by atomic mass is 10.0. The number of imidazole rings is 1. The minimum Gasteiger partial charge on any atom is -0.394 e. The van der Waals surface area contributed by atoms with E-state index in [-0.39, 0.29) is 18.7 Å². The third kappa shape index (κ3) is 2.78. The summed E-state index contributed by atoms with van der Waals surface area (Å²) in [5, 5.41) is 12.3. The number of rotatable bonds is 3. The van der Waals surface area contributed by atoms with Crippen molar-refractivity contribution in [3.05, 3.63) is 35.8 Å². The predicted molar refractivity (Wildman–Crippen MR) is 83.6 cm³/mol. The van der Waals surface area contributed by atoms with Crippen LogP contribution in [-0.2, 0) is 6.54 Å². The van der Waals surface area contributed by atoms with Crippen LogP contribution in [0.15, 0.2) is 24.5 Å². The van der Waals surface area contributed by atoms with Gasteiger partial charge in [-0.25, -0.2) is 9.78 Å². The van der Waals surface area contributed by atoms with E-state index in [0.717, 1.165) is 36.2 Å². The SMILES string of the molecule is Cc1cccn2c(CNC(=O)N3CCCC[C@H]3CO)cnc12. The van der Waals surface area contributed by atoms with Crippen LogP contribution in [0.5, 0.6) is 0 Å². The predicted octanol–water partition coefficient (Wildman–Crippen LogP) is 1.70. The minimum atomic E-state index is -0.110. The third-order valence-electron chi connectivity index (χ3n) is 4.33. The quantitative estimate of drug-likeness (QED) is 0.906. The Labute approximate surface area is 129 Å². The molecule has 0 unspecified atom stereocenters. The largest absolute Gasteiger partial charge is 0.394 e. The van der Waals surface area contributed by atoms with Crippen molar-refractivity contribution in [3.8, 4) is 0 Å². The first-order valence-electron chi connectivity index (χ1n) is 7.77. The number of hydrogen-bond donors (Lipinski definition) is 2. The normalized spacial score (nSPS) is 18.6. The molecule has 22 heavy (non-hydrogen) atoms. The zero-order chi connectivity index (χ0) is 15.5. The molecule has 0 aliphatic carbocycles. The number of nitrogens with zero attached hydrogens (tertiary/aromatic N) is 3. The van der Waals surface area contributed by atoms with Crippen LogP contribution >= 0.6 is 0 Å². The molecule has 118 valence electrons. The van der Waals surface area contributed by atoms with E-state index in [1.165, 1.54) is 0 Å². The maximum atomic E-state index is 12.3. The van der Waals surface area contributed by atoms with Crippen LogP contribution in [0.4, 0.5) is 4.79 Å². The fraction of sp³-hybridized carbons (Fsp3) is 0.500. The second-order valence-corrected chi connectivity index (χ2v) is 5.82. The standard InChI is InChI=1S/C16H22N4O2/c1-12-5-4-8-19-14(9-17-15(12)19)10-18-16(22)20-7-3-2-6-13(20)11-21/h4-5,8-9,13,21H,2-3,6-7,10-11H2,1H3,(H,18,22)/t13-/m0/s1. The lowest BCUT2D eigenvalue weighted by Gasteiger charge is -2.34. The maximum absolute atomic E-state index is 12.3. The van der Waals surface area contributed by atoms with Crippen molar-refractivity contribution in [2.75, 3.05) is 13.2 Å². The van der Waals surface area contributed by atoms with Crippen LogP contribution in [0, 0.1) is 6.92 Å². The van der Waals surface area contributed by atoms with Gasteiger partial charge >= 0.3 is 6.03 Å². The van der Waals surface area contributed by atoms with Crippen LogP contribution < -0.4 is 5.32 Å². The Morgan fingerprint density at radius 3 is 3.18 bits per heavy atom. The highest BCUT2D eigenvalue weighted by molar-refractivity contribution is 5.74. The van der Waals surface area contributed by atoms with E-state index in [0.29, 0.717) is 13.1 Å². The molecule has 1 atom stereocenters. The Kier molecular flexibility index (Phi) is 4.29. The molecule has 1 aliphatic rings. The van der Waals surface area contributed by atoms with Crippen molar-refractivity contribution >= 4 is 11.7 Å². The fourth-order valence-electron chi connectivity index (χ4n) is 3.06. The Bertz CT molecular complexity index is 667. The van der Waals surface area contributed by atoms with E-state index in [4.69, 9.17) is 0 Å². The van der Waals surface area contributed by atoms with Crippen molar-refractivity contribution < 1.29 is 9.90 Å². The number of aliphatic hydroxyl groups excluding tert-OH is 1. The second-order valence-electron chi connectivity index (χ2n) is 5.82. The number of aromatic nitrogens is 2. The van der Waals surface area contributed by atoms with Crippen molar-refractivity contribution in [2.24, 2.45) is 0 Å². The van der Waals surface area contributed by atoms with Gasteiger partial charge in [-0.2, -0.15) is 0 Å². The minimum absolute atomic E-state index is 0.0300. The van der Waals surface area contributed by atoms with Gasteiger partial charge < -0.3 is 19.7 Å². The number of pyridine rings is 1. The summed E-state index contributed by atoms with van der Waals surface area (Å²) >= 11 is 0. The highest BCUT2D eigenvalue weighted by atomic mass is 16.3. The third-order valence-corrected chi connectivity index (χ3v) is 4.33. The van der Waals surface area contributed by atoms with E-state index in [1.807, 2.05) is 29.7 Å². The number of hydrogen-bond acceptors (Lipinski definition) is 3. The number of carbonyl (C=O) groups is 1. The Morgan fingerprint density at radius 2 is 2.36 bits per heavy atom. The Balaban J connectivity index is 1.68. The van der Waals surface area contributed by atoms with Crippen LogP contribution in [0.3, 0.4) is 0 Å². The number of aryl methyl sites for hydroxylation is 1. The number of aliphatic hydroxyl groups is 1. The van der Waals surface area contributed by atoms with Gasteiger partial charge in [0, 0.05) is 12.7 Å². The zero-order valence-corrected chi connectivity index (χ0v) is 12.8. The summed E-state index contributed by atoms with van der Waals surface area (Å²) < 4.78 is 2.00. The summed E-state index contributed by atoms with van der Waals surface area (Å²) in [4.78, 5) is 18.5. The summed E-state index contributed by atoms with van der Waals surface area (Å²) in [6.45, 7) is 3.19. The van der Waals surface area contributed by atoms with Gasteiger partial charge in [-0.1, -0.05) is 6.07 Å². The number of urea groups is 1. The van der Waals surface area contributed by atoms with E-state index in [1.54, 1.807) is 11.1 Å². The maximum Gasteiger partial charge on any atom is 0.318 e. The molecule has 0 saturated carbocycles. The molecule has 0 radical (unpaired) electrons. The number of piperidine rings is 1. The molecule has 6 heteroatoms. The second kappa shape index (κ2) is 6.36. The molecule has 3 rings (SSSR count). The number of amides is 2. The monoisotopic (exact) mass is 302 g/mol. The molecule has 0 aromatic carbocycles. The highest BCUT2D eigenvalue weighted by Crippen LogP contribution is 2.17. The van der Waals surface area contributed by atoms with Crippen LogP contribution in [0.1, 0.15) is 30.5 Å². The zero-order valence-electron chi connectivity index (χ0n) is 12.8. The van der Waals surface area contributed by atoms with Crippen molar-refractivity contribution in [3.63, 3.8) is 0 Å². The van der Waals surface area contributed by atoms with Crippen LogP contribution in [0.2, 0.25) is 0 Å². The summed E-state index contributed by atoms with van der Waals surface area (Å²) in [6, 6.07) is 3.82. The molecule has 0 bridgehead atoms. The van der Waals surface area contributed by atoms with Gasteiger partial charge in [-0.3, -0.25) is 0 Å². The van der Waals surface area contributed by atoms with Crippen molar-refractivity contribution in [1.29, 1.82) is 0 Å². The molecule has 2 aromatic rings. The average molecular weight is 302 g/mol. The van der Waals surface area contributed by atoms with Crippen molar-refractivity contribution in [2.45, 2.75) is 38.8 Å². The Morgan fingerprint density at radius 1 is 1.50 bits per heavy atom. The van der Waals surface area contributed by atoms with E-state index in [9.17, 15) is 9.90 Å². The fourth-order valence-corrected chi connectivity index (χ4v) is 3.06. The van der Waals surface area contributed by atoms with Gasteiger partial charge in [-0.05, 0) is 37.8 Å². The molecule has 0 spiro atoms. The van der Waals surface area contributed by atoms with Gasteiger partial charge in [0.25, 0.3) is 0 Å². The summed E-state index contributed by atoms with van der Waals surface area (Å²) in [5.41, 5.74) is 2.97. The van der Waals surface area contributed by atoms with Gasteiger partial charge in [0.05, 0.1) is 31.1 Å². The first kappa shape index (κ1) is 14.8. The lowest BCUT2D eigenvalue weighted by molar-refractivity contribution is 0.108. The van der Waals surface area contributed by atoms with E-state index < -0.39 is 0 Å². The number of nitrogens with one attached hydrogen (secondary N) is 1. The van der Waals surface area contributed by atoms with Crippen LogP contribution in [-0.4, -0.2) is 44.6 Å². The highest BCUT2D eigenvalue weighted by Gasteiger charge is 2.25. The molecular formula is C16H22N4O2. The molecule has 6 nitrogen and oxygen atoms in total. The average Bonchev–Trinajstić information content (AvgIpc) is 2.97. The van der Waals surface area contributed by atoms with E-state index >= 15 is 0 Å². The number of likely N-dealkylation sites (tertiary alicyclic amines) is 1. The molecule has 2 aromatic heterocycles. The molecule has 1 aliphatic heterocycles. The molecule has 1 saturated heterocycles. The van der Waals surface area contributed by atoms with Gasteiger partial charge in [-0.15, -0.1) is 0 Å².